The molecule has 0 saturated heterocycles. The highest BCUT2D eigenvalue weighted by molar-refractivity contribution is 7.17. The number of nitrogens with zero attached hydrogens (tertiary/aromatic N) is 1. The number of rotatable bonds is 6. The second-order valence-electron chi connectivity index (χ2n) is 5.93. The third-order valence-electron chi connectivity index (χ3n) is 3.62. The Kier molecular flexibility index (Phi) is 6.17. The molecule has 28 heavy (non-hydrogen) atoms. The minimum atomic E-state index is -0.271. The van der Waals surface area contributed by atoms with E-state index >= 15 is 0 Å². The third-order valence-corrected chi connectivity index (χ3v) is 5.48. The summed E-state index contributed by atoms with van der Waals surface area (Å²) in [4.78, 5) is 40.9. The molecule has 9 heteroatoms. The molecular weight excluding hydrogens is 396 g/mol. The fourth-order valence-corrected chi connectivity index (χ4v) is 4.03. The highest BCUT2D eigenvalue weighted by Gasteiger charge is 2.12. The zero-order valence-electron chi connectivity index (χ0n) is 15.2. The summed E-state index contributed by atoms with van der Waals surface area (Å²) < 4.78 is 0. The number of thiophene rings is 1. The molecule has 3 aromatic rings. The van der Waals surface area contributed by atoms with Gasteiger partial charge < -0.3 is 10.6 Å². The van der Waals surface area contributed by atoms with Gasteiger partial charge in [-0.3, -0.25) is 19.7 Å². The summed E-state index contributed by atoms with van der Waals surface area (Å²) in [6.45, 7) is 3.40. The first kappa shape index (κ1) is 19.7. The largest absolute Gasteiger partial charge is 0.351 e. The smallest absolute Gasteiger partial charge is 0.257 e. The van der Waals surface area contributed by atoms with Crippen molar-refractivity contribution in [2.45, 2.75) is 20.4 Å². The van der Waals surface area contributed by atoms with Crippen molar-refractivity contribution >= 4 is 51.2 Å². The lowest BCUT2D eigenvalue weighted by Gasteiger charge is -2.04. The summed E-state index contributed by atoms with van der Waals surface area (Å²) in [7, 11) is 0. The summed E-state index contributed by atoms with van der Waals surface area (Å²) in [6, 6.07) is 10.5. The van der Waals surface area contributed by atoms with Crippen molar-refractivity contribution in [3.8, 4) is 10.6 Å². The number of carbonyl (C=O) groups excluding carboxylic acids is 3. The lowest BCUT2D eigenvalue weighted by atomic mass is 10.2. The van der Waals surface area contributed by atoms with E-state index in [-0.39, 0.29) is 17.7 Å². The third kappa shape index (κ3) is 5.24. The fourth-order valence-electron chi connectivity index (χ4n) is 2.34. The molecule has 0 unspecified atom stereocenters. The first-order valence-electron chi connectivity index (χ1n) is 8.39. The Morgan fingerprint density at radius 1 is 0.964 bits per heavy atom. The maximum Gasteiger partial charge on any atom is 0.257 e. The molecule has 3 rings (SSSR count). The Morgan fingerprint density at radius 2 is 1.71 bits per heavy atom. The van der Waals surface area contributed by atoms with Crippen LogP contribution in [0.4, 0.5) is 10.8 Å². The normalized spacial score (nSPS) is 10.4. The molecule has 0 spiro atoms. The van der Waals surface area contributed by atoms with Crippen molar-refractivity contribution in [1.29, 1.82) is 0 Å². The highest BCUT2D eigenvalue weighted by atomic mass is 32.1. The van der Waals surface area contributed by atoms with Crippen LogP contribution in [-0.2, 0) is 16.1 Å². The van der Waals surface area contributed by atoms with Gasteiger partial charge in [0, 0.05) is 35.4 Å². The molecule has 0 bridgehead atoms. The summed E-state index contributed by atoms with van der Waals surface area (Å²) in [5, 5.41) is 10.6. The minimum absolute atomic E-state index is 0.0706. The Morgan fingerprint density at radius 3 is 2.39 bits per heavy atom. The summed E-state index contributed by atoms with van der Waals surface area (Å²) in [5.74, 6) is -0.507. The number of amides is 3. The van der Waals surface area contributed by atoms with E-state index < -0.39 is 0 Å². The van der Waals surface area contributed by atoms with Crippen LogP contribution in [0.5, 0.6) is 0 Å². The predicted octanol–water partition coefficient (Wildman–Crippen LogP) is 3.72. The van der Waals surface area contributed by atoms with Crippen LogP contribution in [0.3, 0.4) is 0 Å². The van der Waals surface area contributed by atoms with Crippen molar-refractivity contribution in [3.05, 3.63) is 52.2 Å². The van der Waals surface area contributed by atoms with Crippen LogP contribution in [0.2, 0.25) is 0 Å². The Hall–Kier alpha value is -3.04. The molecule has 3 amide bonds. The maximum absolute atomic E-state index is 12.4. The average Bonchev–Trinajstić information content (AvgIpc) is 3.29. The molecule has 7 nitrogen and oxygen atoms in total. The van der Waals surface area contributed by atoms with Crippen LogP contribution >= 0.6 is 22.7 Å². The molecular formula is C19H18N4O3S2. The van der Waals surface area contributed by atoms with E-state index in [0.29, 0.717) is 22.9 Å². The molecule has 0 aliphatic rings. The second-order valence-corrected chi connectivity index (χ2v) is 7.95. The molecule has 2 aromatic heterocycles. The zero-order valence-corrected chi connectivity index (χ0v) is 16.9. The van der Waals surface area contributed by atoms with Crippen LogP contribution < -0.4 is 16.0 Å². The van der Waals surface area contributed by atoms with Crippen LogP contribution in [0.1, 0.15) is 29.1 Å². The molecule has 0 aliphatic heterocycles. The molecule has 0 radical (unpaired) electrons. The van der Waals surface area contributed by atoms with E-state index in [1.165, 1.54) is 25.2 Å². The second kappa shape index (κ2) is 8.77. The van der Waals surface area contributed by atoms with Gasteiger partial charge in [0.15, 0.2) is 5.13 Å². The summed E-state index contributed by atoms with van der Waals surface area (Å²) >= 11 is 2.89. The van der Waals surface area contributed by atoms with E-state index in [9.17, 15) is 14.4 Å². The van der Waals surface area contributed by atoms with E-state index in [1.54, 1.807) is 35.6 Å². The molecule has 3 N–H and O–H groups in total. The predicted molar refractivity (Wildman–Crippen MR) is 112 cm³/mol. The van der Waals surface area contributed by atoms with Crippen LogP contribution in [0.25, 0.3) is 10.6 Å². The zero-order chi connectivity index (χ0) is 20.1. The minimum Gasteiger partial charge on any atom is -0.351 e. The summed E-state index contributed by atoms with van der Waals surface area (Å²) in [5.41, 5.74) is 1.88. The molecule has 144 valence electrons. The van der Waals surface area contributed by atoms with Crippen molar-refractivity contribution in [2.24, 2.45) is 0 Å². The van der Waals surface area contributed by atoms with E-state index in [2.05, 4.69) is 20.9 Å². The first-order chi connectivity index (χ1) is 13.4. The molecule has 0 fully saturated rings. The van der Waals surface area contributed by atoms with E-state index in [4.69, 9.17) is 0 Å². The van der Waals surface area contributed by atoms with E-state index in [1.807, 2.05) is 17.5 Å². The van der Waals surface area contributed by atoms with E-state index in [0.717, 1.165) is 15.4 Å². The van der Waals surface area contributed by atoms with Crippen molar-refractivity contribution < 1.29 is 14.4 Å². The molecule has 0 saturated carbocycles. The standard InChI is InChI=1S/C19H18N4O3S2/c1-11(24)20-9-15-7-8-17(28-15)16-10-27-19(22-16)23-18(26)13-3-5-14(6-4-13)21-12(2)25/h3-8,10H,9H2,1-2H3,(H,20,24)(H,21,25)(H,22,23,26). The topological polar surface area (TPSA) is 100 Å². The molecule has 1 aromatic carbocycles. The van der Waals surface area contributed by atoms with Gasteiger partial charge in [-0.1, -0.05) is 0 Å². The monoisotopic (exact) mass is 414 g/mol. The first-order valence-corrected chi connectivity index (χ1v) is 10.1. The number of hydrogen-bond acceptors (Lipinski definition) is 6. The number of carbonyl (C=O) groups is 3. The molecule has 0 atom stereocenters. The van der Waals surface area contributed by atoms with Gasteiger partial charge in [0.25, 0.3) is 5.91 Å². The van der Waals surface area contributed by atoms with Gasteiger partial charge in [0.05, 0.1) is 17.1 Å². The van der Waals surface area contributed by atoms with Gasteiger partial charge in [-0.25, -0.2) is 4.98 Å². The number of thiazole rings is 1. The van der Waals surface area contributed by atoms with Gasteiger partial charge in [-0.15, -0.1) is 22.7 Å². The number of anilines is 2. The van der Waals surface area contributed by atoms with Crippen molar-refractivity contribution in [1.82, 2.24) is 10.3 Å². The SMILES string of the molecule is CC(=O)NCc1ccc(-c2csc(NC(=O)c3ccc(NC(C)=O)cc3)n2)s1. The fraction of sp³-hybridized carbons (Fsp3) is 0.158. The molecule has 0 aliphatic carbocycles. The lowest BCUT2D eigenvalue weighted by molar-refractivity contribution is -0.119. The Bertz CT molecular complexity index is 1010. The van der Waals surface area contributed by atoms with Crippen molar-refractivity contribution in [2.75, 3.05) is 10.6 Å². The number of aromatic nitrogens is 1. The Balaban J connectivity index is 1.63. The van der Waals surface area contributed by atoms with Gasteiger partial charge >= 0.3 is 0 Å². The number of nitrogens with one attached hydrogen (secondary N) is 3. The average molecular weight is 415 g/mol. The van der Waals surface area contributed by atoms with Gasteiger partial charge in [-0.05, 0) is 36.4 Å². The van der Waals surface area contributed by atoms with Crippen LogP contribution in [-0.4, -0.2) is 22.7 Å². The quantitative estimate of drug-likeness (QED) is 0.572. The highest BCUT2D eigenvalue weighted by Crippen LogP contribution is 2.31. The molecule has 2 heterocycles. The van der Waals surface area contributed by atoms with Gasteiger partial charge in [0.2, 0.25) is 11.8 Å². The lowest BCUT2D eigenvalue weighted by Crippen LogP contribution is -2.17. The van der Waals surface area contributed by atoms with Crippen molar-refractivity contribution in [3.63, 3.8) is 0 Å². The van der Waals surface area contributed by atoms with Gasteiger partial charge in [-0.2, -0.15) is 0 Å². The summed E-state index contributed by atoms with van der Waals surface area (Å²) in [6.07, 6.45) is 0. The maximum atomic E-state index is 12.4. The van der Waals surface area contributed by atoms with Crippen LogP contribution in [0, 0.1) is 0 Å². The van der Waals surface area contributed by atoms with Crippen LogP contribution in [0.15, 0.2) is 41.8 Å². The Labute approximate surface area is 169 Å². The number of benzene rings is 1. The number of hydrogen-bond donors (Lipinski definition) is 3. The van der Waals surface area contributed by atoms with Gasteiger partial charge in [0.1, 0.15) is 0 Å².